The molecule has 1 aromatic heterocycles. The first-order valence-corrected chi connectivity index (χ1v) is 11.8. The van der Waals surface area contributed by atoms with Gasteiger partial charge in [-0.2, -0.15) is 0 Å². The minimum Gasteiger partial charge on any atom is -0.351 e. The number of rotatable bonds is 7. The lowest BCUT2D eigenvalue weighted by molar-refractivity contribution is -0.123. The molecule has 2 amide bonds. The molecule has 1 fully saturated rings. The summed E-state index contributed by atoms with van der Waals surface area (Å²) in [6.45, 7) is 2.05. The maximum Gasteiger partial charge on any atom is 0.279 e. The lowest BCUT2D eigenvalue weighted by Gasteiger charge is -2.33. The van der Waals surface area contributed by atoms with Gasteiger partial charge in [0.25, 0.3) is 5.91 Å². The number of halogens is 1. The first kappa shape index (κ1) is 23.5. The molecule has 2 aromatic carbocycles. The number of benzene rings is 2. The number of hydrogen-bond donors (Lipinski definition) is 1. The Morgan fingerprint density at radius 2 is 1.74 bits per heavy atom. The monoisotopic (exact) mass is 460 g/mol. The number of hydrogen-bond acceptors (Lipinski definition) is 4. The van der Waals surface area contributed by atoms with Crippen molar-refractivity contribution in [2.45, 2.75) is 57.5 Å². The average molecular weight is 461 g/mol. The highest BCUT2D eigenvalue weighted by Crippen LogP contribution is 2.31. The van der Waals surface area contributed by atoms with Gasteiger partial charge in [0.1, 0.15) is 17.6 Å². The summed E-state index contributed by atoms with van der Waals surface area (Å²) in [5.41, 5.74) is 2.31. The van der Waals surface area contributed by atoms with Crippen LogP contribution < -0.4 is 10.2 Å². The summed E-state index contributed by atoms with van der Waals surface area (Å²) in [6, 6.07) is 12.3. The number of carbonyl (C=O) groups excluding carboxylic acids is 2. The van der Waals surface area contributed by atoms with E-state index in [0.29, 0.717) is 11.3 Å². The predicted octanol–water partition coefficient (Wildman–Crippen LogP) is 5.02. The molecule has 1 aliphatic carbocycles. The fraction of sp³-hybridized carbons (Fsp3) is 0.333. The maximum atomic E-state index is 13.8. The van der Waals surface area contributed by atoms with E-state index in [1.54, 1.807) is 12.1 Å². The molecule has 1 saturated carbocycles. The van der Waals surface area contributed by atoms with Gasteiger partial charge in [0, 0.05) is 24.1 Å². The normalized spacial score (nSPS) is 14.9. The molecular formula is C27H29FN4O2. The standard InChI is InChI=1S/C27H29FN4O2/c1-2-19-8-14-23(15-9-19)32(27(34)24-18-29-16-17-30-24)25(20-10-12-21(28)13-11-20)26(33)31-22-6-4-3-5-7-22/h8-18,22,25H,2-7H2,1H3,(H,31,33)/t25-/m1/s1. The first-order valence-electron chi connectivity index (χ1n) is 11.8. The Balaban J connectivity index is 1.79. The predicted molar refractivity (Wildman–Crippen MR) is 129 cm³/mol. The van der Waals surface area contributed by atoms with E-state index in [-0.39, 0.29) is 17.6 Å². The smallest absolute Gasteiger partial charge is 0.279 e. The summed E-state index contributed by atoms with van der Waals surface area (Å²) < 4.78 is 13.8. The molecule has 1 atom stereocenters. The van der Waals surface area contributed by atoms with E-state index in [4.69, 9.17) is 0 Å². The average Bonchev–Trinajstić information content (AvgIpc) is 2.89. The van der Waals surface area contributed by atoms with Crippen LogP contribution in [-0.2, 0) is 11.2 Å². The van der Waals surface area contributed by atoms with E-state index >= 15 is 0 Å². The Kier molecular flexibility index (Phi) is 7.62. The van der Waals surface area contributed by atoms with Gasteiger partial charge in [0.15, 0.2) is 0 Å². The second-order valence-corrected chi connectivity index (χ2v) is 8.58. The third-order valence-corrected chi connectivity index (χ3v) is 6.27. The largest absolute Gasteiger partial charge is 0.351 e. The van der Waals surface area contributed by atoms with Crippen LogP contribution in [0.1, 0.15) is 66.7 Å². The van der Waals surface area contributed by atoms with Crippen LogP contribution in [0.3, 0.4) is 0 Å². The van der Waals surface area contributed by atoms with E-state index in [0.717, 1.165) is 44.1 Å². The first-order chi connectivity index (χ1) is 16.6. The topological polar surface area (TPSA) is 75.2 Å². The molecule has 0 bridgehead atoms. The van der Waals surface area contributed by atoms with Gasteiger partial charge in [-0.25, -0.2) is 9.37 Å². The Morgan fingerprint density at radius 1 is 1.03 bits per heavy atom. The molecule has 0 radical (unpaired) electrons. The summed E-state index contributed by atoms with van der Waals surface area (Å²) in [7, 11) is 0. The molecular weight excluding hydrogens is 431 g/mol. The fourth-order valence-corrected chi connectivity index (χ4v) is 4.40. The summed E-state index contributed by atoms with van der Waals surface area (Å²) >= 11 is 0. The van der Waals surface area contributed by atoms with Crippen molar-refractivity contribution in [1.29, 1.82) is 0 Å². The molecule has 0 aliphatic heterocycles. The highest BCUT2D eigenvalue weighted by molar-refractivity contribution is 6.09. The third kappa shape index (κ3) is 5.47. The number of carbonyl (C=O) groups is 2. The second kappa shape index (κ2) is 11.0. The molecule has 1 aliphatic rings. The highest BCUT2D eigenvalue weighted by atomic mass is 19.1. The van der Waals surface area contributed by atoms with Crippen LogP contribution in [0.2, 0.25) is 0 Å². The Bertz CT molecular complexity index is 1100. The number of nitrogens with zero attached hydrogens (tertiary/aromatic N) is 3. The van der Waals surface area contributed by atoms with Crippen molar-refractivity contribution in [3.05, 3.63) is 89.8 Å². The van der Waals surface area contributed by atoms with Crippen LogP contribution in [0.25, 0.3) is 0 Å². The molecule has 6 nitrogen and oxygen atoms in total. The van der Waals surface area contributed by atoms with E-state index in [1.807, 2.05) is 24.3 Å². The summed E-state index contributed by atoms with van der Waals surface area (Å²) in [5.74, 6) is -1.16. The van der Waals surface area contributed by atoms with Gasteiger partial charge < -0.3 is 5.32 Å². The minimum absolute atomic E-state index is 0.0557. The minimum atomic E-state index is -0.996. The lowest BCUT2D eigenvalue weighted by Crippen LogP contribution is -2.47. The Morgan fingerprint density at radius 3 is 2.35 bits per heavy atom. The van der Waals surface area contributed by atoms with Crippen LogP contribution in [-0.4, -0.2) is 27.8 Å². The molecule has 1 N–H and O–H groups in total. The molecule has 4 rings (SSSR count). The van der Waals surface area contributed by atoms with E-state index in [9.17, 15) is 14.0 Å². The SMILES string of the molecule is CCc1ccc(N(C(=O)c2cnccn2)[C@@H](C(=O)NC2CCCCC2)c2ccc(F)cc2)cc1. The number of aromatic nitrogens is 2. The van der Waals surface area contributed by atoms with Crippen molar-refractivity contribution in [2.75, 3.05) is 4.90 Å². The van der Waals surface area contributed by atoms with Crippen LogP contribution in [0.5, 0.6) is 0 Å². The third-order valence-electron chi connectivity index (χ3n) is 6.27. The highest BCUT2D eigenvalue weighted by Gasteiger charge is 2.35. The van der Waals surface area contributed by atoms with E-state index in [2.05, 4.69) is 22.2 Å². The van der Waals surface area contributed by atoms with Gasteiger partial charge in [0.05, 0.1) is 6.20 Å². The zero-order valence-electron chi connectivity index (χ0n) is 19.3. The number of amides is 2. The van der Waals surface area contributed by atoms with Crippen molar-refractivity contribution in [2.24, 2.45) is 0 Å². The molecule has 176 valence electrons. The number of aryl methyl sites for hydroxylation is 1. The van der Waals surface area contributed by atoms with Crippen molar-refractivity contribution in [3.8, 4) is 0 Å². The van der Waals surface area contributed by atoms with Crippen molar-refractivity contribution in [3.63, 3.8) is 0 Å². The van der Waals surface area contributed by atoms with Gasteiger partial charge in [-0.15, -0.1) is 0 Å². The van der Waals surface area contributed by atoms with Crippen molar-refractivity contribution in [1.82, 2.24) is 15.3 Å². The molecule has 34 heavy (non-hydrogen) atoms. The Labute approximate surface area is 199 Å². The van der Waals surface area contributed by atoms with Gasteiger partial charge in [0.2, 0.25) is 5.91 Å². The van der Waals surface area contributed by atoms with Crippen molar-refractivity contribution < 1.29 is 14.0 Å². The maximum absolute atomic E-state index is 13.8. The van der Waals surface area contributed by atoms with E-state index < -0.39 is 17.8 Å². The van der Waals surface area contributed by atoms with Crippen LogP contribution >= 0.6 is 0 Å². The van der Waals surface area contributed by atoms with Gasteiger partial charge >= 0.3 is 0 Å². The zero-order chi connectivity index (χ0) is 23.9. The lowest BCUT2D eigenvalue weighted by atomic mass is 9.94. The summed E-state index contributed by atoms with van der Waals surface area (Å²) in [5, 5.41) is 3.15. The van der Waals surface area contributed by atoms with Crippen LogP contribution in [0.4, 0.5) is 10.1 Å². The molecule has 1 heterocycles. The number of nitrogens with one attached hydrogen (secondary N) is 1. The van der Waals surface area contributed by atoms with Gasteiger partial charge in [-0.1, -0.05) is 50.5 Å². The van der Waals surface area contributed by atoms with Crippen molar-refractivity contribution >= 4 is 17.5 Å². The summed E-state index contributed by atoms with van der Waals surface area (Å²) in [6.07, 6.45) is 10.3. The summed E-state index contributed by atoms with van der Waals surface area (Å²) in [4.78, 5) is 37.1. The second-order valence-electron chi connectivity index (χ2n) is 8.58. The zero-order valence-corrected chi connectivity index (χ0v) is 19.3. The molecule has 0 saturated heterocycles. The quantitative estimate of drug-likeness (QED) is 0.538. The molecule has 0 spiro atoms. The van der Waals surface area contributed by atoms with Crippen LogP contribution in [0, 0.1) is 5.82 Å². The van der Waals surface area contributed by atoms with Gasteiger partial charge in [-0.3, -0.25) is 19.5 Å². The fourth-order valence-electron chi connectivity index (χ4n) is 4.40. The van der Waals surface area contributed by atoms with E-state index in [1.165, 1.54) is 35.6 Å². The molecule has 3 aromatic rings. The number of anilines is 1. The molecule has 7 heteroatoms. The Hall–Kier alpha value is -3.61. The van der Waals surface area contributed by atoms with Crippen LogP contribution in [0.15, 0.2) is 67.1 Å². The molecule has 0 unspecified atom stereocenters. The van der Waals surface area contributed by atoms with Gasteiger partial charge in [-0.05, 0) is 54.7 Å².